The van der Waals surface area contributed by atoms with Crippen LogP contribution in [0, 0.1) is 0 Å². The van der Waals surface area contributed by atoms with Gasteiger partial charge in [0.25, 0.3) is 0 Å². The average Bonchev–Trinajstić information content (AvgIpc) is 2.29. The Labute approximate surface area is 99.6 Å². The highest BCUT2D eigenvalue weighted by atomic mass is 16.7. The lowest BCUT2D eigenvalue weighted by molar-refractivity contribution is -0.140. The fourth-order valence-electron chi connectivity index (χ4n) is 1.62. The van der Waals surface area contributed by atoms with Crippen molar-refractivity contribution in [3.05, 3.63) is 23.8 Å². The van der Waals surface area contributed by atoms with E-state index in [0.29, 0.717) is 6.61 Å². The van der Waals surface area contributed by atoms with Gasteiger partial charge in [0.05, 0.1) is 18.4 Å². The summed E-state index contributed by atoms with van der Waals surface area (Å²) in [5, 5.41) is 3.57. The summed E-state index contributed by atoms with van der Waals surface area (Å²) in [4.78, 5) is 17.2. The molecule has 0 aliphatic carbocycles. The van der Waals surface area contributed by atoms with E-state index in [-0.39, 0.29) is 0 Å². The van der Waals surface area contributed by atoms with Gasteiger partial charge in [-0.1, -0.05) is 11.2 Å². The van der Waals surface area contributed by atoms with E-state index in [1.165, 1.54) is 13.1 Å². The molecule has 0 N–H and O–H groups in total. The monoisotopic (exact) mass is 234 g/mol. The van der Waals surface area contributed by atoms with Crippen molar-refractivity contribution in [3.63, 3.8) is 0 Å². The molecule has 0 spiro atoms. The van der Waals surface area contributed by atoms with Gasteiger partial charge < -0.3 is 14.5 Å². The number of ether oxygens (including phenoxy) is 1. The molecule has 0 atom stereocenters. The predicted octanol–water partition coefficient (Wildman–Crippen LogP) is 1.41. The Morgan fingerprint density at radius 2 is 2.41 bits per heavy atom. The van der Waals surface area contributed by atoms with Crippen LogP contribution in [-0.2, 0) is 9.63 Å². The van der Waals surface area contributed by atoms with Crippen molar-refractivity contribution in [1.29, 1.82) is 0 Å². The second-order valence-electron chi connectivity index (χ2n) is 3.81. The van der Waals surface area contributed by atoms with E-state index < -0.39 is 5.97 Å². The van der Waals surface area contributed by atoms with Crippen LogP contribution in [0.1, 0.15) is 12.5 Å². The number of nitrogens with zero attached hydrogens (tertiary/aromatic N) is 2. The Balaban J connectivity index is 2.16. The van der Waals surface area contributed by atoms with Crippen molar-refractivity contribution < 1.29 is 14.4 Å². The van der Waals surface area contributed by atoms with Gasteiger partial charge in [-0.25, -0.2) is 4.79 Å². The van der Waals surface area contributed by atoms with E-state index in [4.69, 9.17) is 4.74 Å². The SMILES string of the molecule is CC(=O)ON=Cc1ccc2c(c1)OCCN2C. The Kier molecular flexibility index (Phi) is 3.27. The van der Waals surface area contributed by atoms with Crippen LogP contribution >= 0.6 is 0 Å². The van der Waals surface area contributed by atoms with Crippen molar-refractivity contribution in [2.24, 2.45) is 5.16 Å². The average molecular weight is 234 g/mol. The molecule has 90 valence electrons. The number of fused-ring (bicyclic) bond motifs is 1. The molecule has 2 rings (SSSR count). The van der Waals surface area contributed by atoms with Crippen molar-refractivity contribution in [2.45, 2.75) is 6.92 Å². The van der Waals surface area contributed by atoms with Crippen LogP contribution in [0.4, 0.5) is 5.69 Å². The van der Waals surface area contributed by atoms with E-state index in [1.807, 2.05) is 25.2 Å². The normalized spacial score (nSPS) is 14.4. The second kappa shape index (κ2) is 4.86. The molecule has 1 aliphatic heterocycles. The smallest absolute Gasteiger partial charge is 0.331 e. The highest BCUT2D eigenvalue weighted by Crippen LogP contribution is 2.30. The number of oxime groups is 1. The summed E-state index contributed by atoms with van der Waals surface area (Å²) in [6.45, 7) is 2.87. The number of benzene rings is 1. The van der Waals surface area contributed by atoms with E-state index in [0.717, 1.165) is 23.5 Å². The van der Waals surface area contributed by atoms with Gasteiger partial charge in [-0.05, 0) is 17.7 Å². The fraction of sp³-hybridized carbons (Fsp3) is 0.333. The maximum absolute atomic E-state index is 10.5. The summed E-state index contributed by atoms with van der Waals surface area (Å²) in [5.74, 6) is 0.390. The third kappa shape index (κ3) is 2.75. The molecule has 0 fully saturated rings. The standard InChI is InChI=1S/C12H14N2O3/c1-9(15)17-13-8-10-3-4-11-12(7-10)16-6-5-14(11)2/h3-4,7-8H,5-6H2,1-2H3. The Morgan fingerprint density at radius 3 is 3.18 bits per heavy atom. The van der Waals surface area contributed by atoms with Crippen LogP contribution in [0.3, 0.4) is 0 Å². The molecule has 0 saturated carbocycles. The third-order valence-corrected chi connectivity index (χ3v) is 2.46. The van der Waals surface area contributed by atoms with Crippen LogP contribution < -0.4 is 9.64 Å². The highest BCUT2D eigenvalue weighted by Gasteiger charge is 2.14. The molecule has 1 aromatic rings. The first kappa shape index (κ1) is 11.4. The van der Waals surface area contributed by atoms with Crippen LogP contribution in [0.25, 0.3) is 0 Å². The largest absolute Gasteiger partial charge is 0.490 e. The van der Waals surface area contributed by atoms with Gasteiger partial charge in [-0.2, -0.15) is 0 Å². The molecule has 1 aromatic carbocycles. The molecule has 0 saturated heterocycles. The number of carbonyl (C=O) groups is 1. The second-order valence-corrected chi connectivity index (χ2v) is 3.81. The first-order valence-electron chi connectivity index (χ1n) is 5.36. The first-order valence-corrected chi connectivity index (χ1v) is 5.36. The van der Waals surface area contributed by atoms with Gasteiger partial charge in [-0.3, -0.25) is 0 Å². The zero-order valence-corrected chi connectivity index (χ0v) is 9.84. The third-order valence-electron chi connectivity index (χ3n) is 2.46. The topological polar surface area (TPSA) is 51.1 Å². The lowest BCUT2D eigenvalue weighted by Crippen LogP contribution is -2.28. The number of carbonyl (C=O) groups excluding carboxylic acids is 1. The zero-order valence-electron chi connectivity index (χ0n) is 9.84. The van der Waals surface area contributed by atoms with E-state index >= 15 is 0 Å². The minimum Gasteiger partial charge on any atom is -0.490 e. The summed E-state index contributed by atoms with van der Waals surface area (Å²) in [5.41, 5.74) is 1.89. The molecule has 17 heavy (non-hydrogen) atoms. The van der Waals surface area contributed by atoms with Gasteiger partial charge in [0, 0.05) is 14.0 Å². The summed E-state index contributed by atoms with van der Waals surface area (Å²) < 4.78 is 5.55. The van der Waals surface area contributed by atoms with Gasteiger partial charge >= 0.3 is 5.97 Å². The van der Waals surface area contributed by atoms with Crippen LogP contribution in [0.15, 0.2) is 23.4 Å². The van der Waals surface area contributed by atoms with Crippen LogP contribution in [0.5, 0.6) is 5.75 Å². The molecule has 1 aliphatic rings. The molecule has 0 aromatic heterocycles. The van der Waals surface area contributed by atoms with Crippen molar-refractivity contribution in [3.8, 4) is 5.75 Å². The summed E-state index contributed by atoms with van der Waals surface area (Å²) in [6.07, 6.45) is 1.49. The Hall–Kier alpha value is -2.04. The summed E-state index contributed by atoms with van der Waals surface area (Å²) in [7, 11) is 2.02. The van der Waals surface area contributed by atoms with Gasteiger partial charge in [0.1, 0.15) is 12.4 Å². The Bertz CT molecular complexity index is 457. The van der Waals surface area contributed by atoms with E-state index in [2.05, 4.69) is 14.9 Å². The van der Waals surface area contributed by atoms with Crippen LogP contribution in [-0.4, -0.2) is 32.4 Å². The van der Waals surface area contributed by atoms with E-state index in [9.17, 15) is 4.79 Å². The molecular formula is C12H14N2O3. The number of likely N-dealkylation sites (N-methyl/N-ethyl adjacent to an activating group) is 1. The first-order chi connectivity index (χ1) is 8.16. The van der Waals surface area contributed by atoms with E-state index in [1.54, 1.807) is 0 Å². The predicted molar refractivity (Wildman–Crippen MR) is 64.6 cm³/mol. The van der Waals surface area contributed by atoms with Crippen molar-refractivity contribution in [2.75, 3.05) is 25.1 Å². The molecule has 0 amide bonds. The van der Waals surface area contributed by atoms with Gasteiger partial charge in [0.15, 0.2) is 0 Å². The quantitative estimate of drug-likeness (QED) is 0.441. The molecule has 0 unspecified atom stereocenters. The number of anilines is 1. The number of hydrogen-bond donors (Lipinski definition) is 0. The molecule has 5 heteroatoms. The molecular weight excluding hydrogens is 220 g/mol. The minimum absolute atomic E-state index is 0.435. The molecule has 0 radical (unpaired) electrons. The highest BCUT2D eigenvalue weighted by molar-refractivity contribution is 5.82. The lowest BCUT2D eigenvalue weighted by Gasteiger charge is -2.27. The molecule has 0 bridgehead atoms. The zero-order chi connectivity index (χ0) is 12.3. The van der Waals surface area contributed by atoms with Crippen molar-refractivity contribution >= 4 is 17.9 Å². The minimum atomic E-state index is -0.435. The lowest BCUT2D eigenvalue weighted by atomic mass is 10.1. The van der Waals surface area contributed by atoms with Gasteiger partial charge in [-0.15, -0.1) is 0 Å². The van der Waals surface area contributed by atoms with Crippen molar-refractivity contribution in [1.82, 2.24) is 0 Å². The number of rotatable bonds is 2. The summed E-state index contributed by atoms with van der Waals surface area (Å²) >= 11 is 0. The van der Waals surface area contributed by atoms with Crippen LogP contribution in [0.2, 0.25) is 0 Å². The summed E-state index contributed by atoms with van der Waals surface area (Å²) in [6, 6.07) is 5.73. The maximum Gasteiger partial charge on any atom is 0.331 e. The fourth-order valence-corrected chi connectivity index (χ4v) is 1.62. The molecule has 1 heterocycles. The maximum atomic E-state index is 10.5. The molecule has 5 nitrogen and oxygen atoms in total. The Morgan fingerprint density at radius 1 is 1.59 bits per heavy atom. The van der Waals surface area contributed by atoms with Gasteiger partial charge in [0.2, 0.25) is 0 Å². The number of hydrogen-bond acceptors (Lipinski definition) is 5.